The van der Waals surface area contributed by atoms with Gasteiger partial charge in [0.1, 0.15) is 18.4 Å². The molecule has 0 unspecified atom stereocenters. The molecule has 124 valence electrons. The molecule has 2 N–H and O–H groups in total. The van der Waals surface area contributed by atoms with E-state index in [2.05, 4.69) is 11.0 Å². The zero-order valence-electron chi connectivity index (χ0n) is 13.5. The summed E-state index contributed by atoms with van der Waals surface area (Å²) in [7, 11) is 1.76. The van der Waals surface area contributed by atoms with Crippen LogP contribution in [0.2, 0.25) is 0 Å². The second kappa shape index (κ2) is 5.39. The van der Waals surface area contributed by atoms with Crippen LogP contribution in [-0.2, 0) is 9.53 Å². The molecule has 6 nitrogen and oxygen atoms in total. The first-order valence-corrected chi connectivity index (χ1v) is 8.21. The fourth-order valence-electron chi connectivity index (χ4n) is 3.62. The third-order valence-corrected chi connectivity index (χ3v) is 5.38. The average Bonchev–Trinajstić information content (AvgIpc) is 2.66. The minimum Gasteiger partial charge on any atom is -0.489 e. The van der Waals surface area contributed by atoms with Gasteiger partial charge < -0.3 is 25.0 Å². The molecule has 6 heteroatoms. The minimum absolute atomic E-state index is 0.106. The van der Waals surface area contributed by atoms with Crippen LogP contribution in [0.5, 0.6) is 5.75 Å². The first-order chi connectivity index (χ1) is 11.1. The first kappa shape index (κ1) is 14.8. The molecule has 0 bridgehead atoms. The maximum absolute atomic E-state index is 12.2. The maximum atomic E-state index is 12.2. The lowest BCUT2D eigenvalue weighted by Crippen LogP contribution is -2.51. The number of rotatable bonds is 1. The molecule has 1 spiro atoms. The third kappa shape index (κ3) is 2.46. The van der Waals surface area contributed by atoms with Gasteiger partial charge in [0, 0.05) is 31.2 Å². The van der Waals surface area contributed by atoms with E-state index in [9.17, 15) is 4.79 Å². The predicted octanol–water partition coefficient (Wildman–Crippen LogP) is 0.986. The van der Waals surface area contributed by atoms with Gasteiger partial charge in [-0.3, -0.25) is 4.79 Å². The Labute approximate surface area is 136 Å². The van der Waals surface area contributed by atoms with Crippen molar-refractivity contribution in [3.63, 3.8) is 0 Å². The minimum atomic E-state index is -0.607. The van der Waals surface area contributed by atoms with E-state index in [-0.39, 0.29) is 12.5 Å². The lowest BCUT2D eigenvalue weighted by atomic mass is 9.77. The van der Waals surface area contributed by atoms with Gasteiger partial charge in [-0.15, -0.1) is 0 Å². The van der Waals surface area contributed by atoms with Crippen LogP contribution < -0.4 is 20.3 Å². The van der Waals surface area contributed by atoms with Crippen molar-refractivity contribution >= 4 is 17.3 Å². The molecular formula is C17H23N3O3. The molecule has 3 heterocycles. The van der Waals surface area contributed by atoms with E-state index < -0.39 is 6.04 Å². The van der Waals surface area contributed by atoms with Crippen molar-refractivity contribution in [1.82, 2.24) is 0 Å². The Kier molecular flexibility index (Phi) is 3.46. The number of amides is 1. The molecule has 4 rings (SSSR count). The van der Waals surface area contributed by atoms with Crippen molar-refractivity contribution in [3.05, 3.63) is 18.2 Å². The number of ether oxygens (including phenoxy) is 2. The lowest BCUT2D eigenvalue weighted by molar-refractivity contribution is -0.124. The van der Waals surface area contributed by atoms with E-state index in [1.807, 2.05) is 12.1 Å². The smallest absolute Gasteiger partial charge is 0.247 e. The number of fused-ring (bicyclic) bond motifs is 1. The molecular weight excluding hydrogens is 294 g/mol. The molecule has 3 aliphatic heterocycles. The van der Waals surface area contributed by atoms with Crippen LogP contribution in [0.4, 0.5) is 11.4 Å². The highest BCUT2D eigenvalue weighted by Crippen LogP contribution is 2.41. The molecule has 2 saturated heterocycles. The predicted molar refractivity (Wildman–Crippen MR) is 88.0 cm³/mol. The number of likely N-dealkylation sites (N-methyl/N-ethyl adjacent to an activating group) is 1. The molecule has 3 aliphatic rings. The SMILES string of the molecule is CN1C(=O)[C@@H](N)COc2ccc(N3CCC4(CC3)COC4)cc21. The summed E-state index contributed by atoms with van der Waals surface area (Å²) in [5.41, 5.74) is 8.20. The third-order valence-electron chi connectivity index (χ3n) is 5.38. The normalized spacial score (nSPS) is 26.3. The summed E-state index contributed by atoms with van der Waals surface area (Å²) < 4.78 is 11.1. The van der Waals surface area contributed by atoms with Crippen LogP contribution in [0.3, 0.4) is 0 Å². The van der Waals surface area contributed by atoms with Gasteiger partial charge in [-0.25, -0.2) is 0 Å². The van der Waals surface area contributed by atoms with Crippen molar-refractivity contribution in [2.45, 2.75) is 18.9 Å². The summed E-state index contributed by atoms with van der Waals surface area (Å²) in [4.78, 5) is 16.2. The van der Waals surface area contributed by atoms with Crippen molar-refractivity contribution in [2.75, 3.05) is 49.8 Å². The number of nitrogens with two attached hydrogens (primary N) is 1. The van der Waals surface area contributed by atoms with E-state index >= 15 is 0 Å². The molecule has 0 aromatic heterocycles. The summed E-state index contributed by atoms with van der Waals surface area (Å²) in [6, 6.07) is 5.46. The topological polar surface area (TPSA) is 68.0 Å². The Bertz CT molecular complexity index is 620. The van der Waals surface area contributed by atoms with Crippen LogP contribution in [0.1, 0.15) is 12.8 Å². The lowest BCUT2D eigenvalue weighted by Gasteiger charge is -2.47. The molecule has 1 amide bonds. The molecule has 2 fully saturated rings. The van der Waals surface area contributed by atoms with E-state index in [1.165, 1.54) is 12.8 Å². The van der Waals surface area contributed by atoms with Gasteiger partial charge in [0.2, 0.25) is 5.91 Å². The molecule has 0 aliphatic carbocycles. The van der Waals surface area contributed by atoms with E-state index in [0.29, 0.717) is 5.41 Å². The number of nitrogens with zero attached hydrogens (tertiary/aromatic N) is 2. The number of hydrogen-bond donors (Lipinski definition) is 1. The zero-order chi connectivity index (χ0) is 16.0. The number of piperidine rings is 1. The Hall–Kier alpha value is -1.79. The fourth-order valence-corrected chi connectivity index (χ4v) is 3.62. The highest BCUT2D eigenvalue weighted by atomic mass is 16.5. The van der Waals surface area contributed by atoms with Crippen LogP contribution in [-0.4, -0.2) is 51.9 Å². The Balaban J connectivity index is 1.56. The van der Waals surface area contributed by atoms with Gasteiger partial charge >= 0.3 is 0 Å². The highest BCUT2D eigenvalue weighted by Gasteiger charge is 2.41. The van der Waals surface area contributed by atoms with E-state index in [1.54, 1.807) is 11.9 Å². The second-order valence-corrected chi connectivity index (χ2v) is 6.95. The molecule has 1 aromatic rings. The van der Waals surface area contributed by atoms with Gasteiger partial charge in [-0.2, -0.15) is 0 Å². The standard InChI is InChI=1S/C17H23N3O3/c1-19-14-8-12(2-3-15(14)23-9-13(18)16(19)21)20-6-4-17(5-7-20)10-22-11-17/h2-3,8,13H,4-7,9-11,18H2,1H3/t13-/m0/s1. The average molecular weight is 317 g/mol. The Morgan fingerprint density at radius 2 is 2.00 bits per heavy atom. The van der Waals surface area contributed by atoms with Gasteiger partial charge in [0.25, 0.3) is 0 Å². The molecule has 1 atom stereocenters. The monoisotopic (exact) mass is 317 g/mol. The summed E-state index contributed by atoms with van der Waals surface area (Å²) in [5.74, 6) is 0.614. The van der Waals surface area contributed by atoms with Gasteiger partial charge in [0.15, 0.2) is 0 Å². The van der Waals surface area contributed by atoms with Crippen LogP contribution in [0.25, 0.3) is 0 Å². The van der Waals surface area contributed by atoms with Crippen molar-refractivity contribution in [2.24, 2.45) is 11.1 Å². The van der Waals surface area contributed by atoms with Gasteiger partial charge in [-0.1, -0.05) is 0 Å². The zero-order valence-corrected chi connectivity index (χ0v) is 13.5. The van der Waals surface area contributed by atoms with Crippen LogP contribution in [0, 0.1) is 5.41 Å². The number of hydrogen-bond acceptors (Lipinski definition) is 5. The fraction of sp³-hybridized carbons (Fsp3) is 0.588. The van der Waals surface area contributed by atoms with E-state index in [0.717, 1.165) is 43.4 Å². The van der Waals surface area contributed by atoms with Crippen LogP contribution in [0.15, 0.2) is 18.2 Å². The first-order valence-electron chi connectivity index (χ1n) is 8.21. The summed E-state index contributed by atoms with van der Waals surface area (Å²) in [5, 5.41) is 0. The van der Waals surface area contributed by atoms with E-state index in [4.69, 9.17) is 15.2 Å². The molecule has 0 radical (unpaired) electrons. The Morgan fingerprint density at radius 3 is 2.65 bits per heavy atom. The van der Waals surface area contributed by atoms with Crippen molar-refractivity contribution < 1.29 is 14.3 Å². The number of anilines is 2. The number of benzene rings is 1. The summed E-state index contributed by atoms with van der Waals surface area (Å²) in [6.45, 7) is 4.10. The summed E-state index contributed by atoms with van der Waals surface area (Å²) in [6.07, 6.45) is 2.33. The van der Waals surface area contributed by atoms with Crippen molar-refractivity contribution in [3.8, 4) is 5.75 Å². The number of carbonyl (C=O) groups is 1. The van der Waals surface area contributed by atoms with Gasteiger partial charge in [0.05, 0.1) is 18.9 Å². The van der Waals surface area contributed by atoms with Crippen LogP contribution >= 0.6 is 0 Å². The summed E-state index contributed by atoms with van der Waals surface area (Å²) >= 11 is 0. The number of carbonyl (C=O) groups excluding carboxylic acids is 1. The second-order valence-electron chi connectivity index (χ2n) is 6.95. The van der Waals surface area contributed by atoms with Gasteiger partial charge in [-0.05, 0) is 31.0 Å². The Morgan fingerprint density at radius 1 is 1.26 bits per heavy atom. The maximum Gasteiger partial charge on any atom is 0.247 e. The molecule has 23 heavy (non-hydrogen) atoms. The molecule has 0 saturated carbocycles. The molecule has 1 aromatic carbocycles. The van der Waals surface area contributed by atoms with Crippen molar-refractivity contribution in [1.29, 1.82) is 0 Å². The highest BCUT2D eigenvalue weighted by molar-refractivity contribution is 5.99. The largest absolute Gasteiger partial charge is 0.489 e. The quantitative estimate of drug-likeness (QED) is 0.836.